The van der Waals surface area contributed by atoms with Crippen LogP contribution in [0.2, 0.25) is 0 Å². The number of carbonyl (C=O) groups is 1. The molecule has 0 saturated carbocycles. The van der Waals surface area contributed by atoms with Crippen LogP contribution in [0.5, 0.6) is 0 Å². The van der Waals surface area contributed by atoms with Gasteiger partial charge in [-0.1, -0.05) is 29.5 Å². The van der Waals surface area contributed by atoms with Crippen molar-refractivity contribution >= 4 is 33.5 Å². The monoisotopic (exact) mass is 340 g/mol. The maximum absolute atomic E-state index is 12.8. The molecule has 1 amide bonds. The summed E-state index contributed by atoms with van der Waals surface area (Å²) in [6, 6.07) is 7.35. The van der Waals surface area contributed by atoms with Crippen LogP contribution >= 0.6 is 11.3 Å². The van der Waals surface area contributed by atoms with Gasteiger partial charge in [0.15, 0.2) is 0 Å². The van der Waals surface area contributed by atoms with E-state index in [0.29, 0.717) is 17.7 Å². The number of aromatic nitrogens is 3. The fourth-order valence-electron chi connectivity index (χ4n) is 2.85. The van der Waals surface area contributed by atoms with Crippen LogP contribution in [0.4, 0.5) is 5.69 Å². The summed E-state index contributed by atoms with van der Waals surface area (Å²) in [4.78, 5) is 42.9. The van der Waals surface area contributed by atoms with Crippen molar-refractivity contribution < 1.29 is 4.79 Å². The van der Waals surface area contributed by atoms with Crippen molar-refractivity contribution in [3.05, 3.63) is 60.8 Å². The van der Waals surface area contributed by atoms with E-state index in [1.54, 1.807) is 4.90 Å². The predicted molar refractivity (Wildman–Crippen MR) is 90.3 cm³/mol. The Bertz CT molecular complexity index is 1180. The fourth-order valence-corrected chi connectivity index (χ4v) is 3.85. The van der Waals surface area contributed by atoms with E-state index < -0.39 is 11.1 Å². The van der Waals surface area contributed by atoms with Crippen molar-refractivity contribution in [3.63, 3.8) is 0 Å². The molecule has 8 heteroatoms. The van der Waals surface area contributed by atoms with Gasteiger partial charge in [0.25, 0.3) is 17.0 Å². The lowest BCUT2D eigenvalue weighted by Crippen LogP contribution is -2.33. The van der Waals surface area contributed by atoms with Crippen LogP contribution in [0.25, 0.3) is 10.5 Å². The van der Waals surface area contributed by atoms with Crippen LogP contribution < -0.4 is 20.6 Å². The van der Waals surface area contributed by atoms with Crippen LogP contribution in [-0.4, -0.2) is 27.0 Å². The third-order valence-electron chi connectivity index (χ3n) is 3.98. The number of amides is 1. The van der Waals surface area contributed by atoms with E-state index >= 15 is 0 Å². The van der Waals surface area contributed by atoms with Gasteiger partial charge in [0.2, 0.25) is 4.96 Å². The van der Waals surface area contributed by atoms with Gasteiger partial charge < -0.3 is 4.90 Å². The number of likely N-dealkylation sites (N-methyl/N-ethyl adjacent to an activating group) is 1. The molecule has 2 aromatic heterocycles. The molecule has 0 bridgehead atoms. The lowest BCUT2D eigenvalue weighted by molar-refractivity contribution is -0.113. The molecular weight excluding hydrogens is 328 g/mol. The Labute approximate surface area is 139 Å². The summed E-state index contributed by atoms with van der Waals surface area (Å²) >= 11 is 1.02. The number of hydrogen-bond acceptors (Lipinski definition) is 6. The van der Waals surface area contributed by atoms with Crippen molar-refractivity contribution in [1.82, 2.24) is 14.6 Å². The van der Waals surface area contributed by atoms with Crippen molar-refractivity contribution in [2.24, 2.45) is 0 Å². The van der Waals surface area contributed by atoms with E-state index in [1.807, 2.05) is 31.2 Å². The highest BCUT2D eigenvalue weighted by molar-refractivity contribution is 7.15. The number of carbonyl (C=O) groups excluding carboxylic acids is 1. The van der Waals surface area contributed by atoms with Crippen LogP contribution in [0, 0.1) is 6.92 Å². The molecule has 0 atom stereocenters. The van der Waals surface area contributed by atoms with Gasteiger partial charge in [-0.15, -0.1) is 0 Å². The summed E-state index contributed by atoms with van der Waals surface area (Å²) in [6.45, 7) is 3.89. The zero-order valence-corrected chi connectivity index (χ0v) is 13.8. The standard InChI is InChI=1S/C16H12N4O3S/c1-3-19-10-7-5-4-6-9(10)11(14(19)22)12-15(23)20-16(24-12)17-13(21)8(2)18-20/h4-7H,3H2,1-2H3. The van der Waals surface area contributed by atoms with E-state index in [9.17, 15) is 14.4 Å². The van der Waals surface area contributed by atoms with E-state index in [4.69, 9.17) is 0 Å². The molecule has 4 rings (SSSR count). The van der Waals surface area contributed by atoms with Crippen molar-refractivity contribution in [2.75, 3.05) is 11.4 Å². The normalized spacial score (nSPS) is 16.1. The first-order valence-electron chi connectivity index (χ1n) is 7.39. The van der Waals surface area contributed by atoms with Gasteiger partial charge in [0.05, 0.1) is 11.3 Å². The van der Waals surface area contributed by atoms with Gasteiger partial charge in [0, 0.05) is 12.1 Å². The second-order valence-electron chi connectivity index (χ2n) is 5.37. The topological polar surface area (TPSA) is 84.6 Å². The van der Waals surface area contributed by atoms with Crippen LogP contribution in [-0.2, 0) is 4.79 Å². The largest absolute Gasteiger partial charge is 0.308 e. The van der Waals surface area contributed by atoms with Gasteiger partial charge >= 0.3 is 0 Å². The Balaban J connectivity index is 2.16. The predicted octanol–water partition coefficient (Wildman–Crippen LogP) is 0.104. The number of aryl methyl sites for hydroxylation is 1. The molecule has 3 heterocycles. The molecule has 3 aromatic rings. The van der Waals surface area contributed by atoms with E-state index in [-0.39, 0.29) is 21.1 Å². The molecule has 0 aliphatic carbocycles. The third-order valence-corrected chi connectivity index (χ3v) is 5.01. The maximum Gasteiger partial charge on any atom is 0.295 e. The molecule has 120 valence electrons. The average molecular weight is 340 g/mol. The molecule has 0 N–H and O–H groups in total. The highest BCUT2D eigenvalue weighted by atomic mass is 32.1. The summed E-state index contributed by atoms with van der Waals surface area (Å²) in [5, 5.41) is 3.99. The Morgan fingerprint density at radius 1 is 1.17 bits per heavy atom. The Hall–Kier alpha value is -2.87. The van der Waals surface area contributed by atoms with Gasteiger partial charge in [-0.05, 0) is 19.9 Å². The number of benzene rings is 1. The van der Waals surface area contributed by atoms with Crippen molar-refractivity contribution in [1.29, 1.82) is 0 Å². The lowest BCUT2D eigenvalue weighted by atomic mass is 10.1. The van der Waals surface area contributed by atoms with Crippen molar-refractivity contribution in [2.45, 2.75) is 13.8 Å². The molecule has 1 aliphatic heterocycles. The molecule has 0 saturated heterocycles. The Kier molecular flexibility index (Phi) is 3.10. The second kappa shape index (κ2) is 5.07. The van der Waals surface area contributed by atoms with Crippen LogP contribution in [0.3, 0.4) is 0 Å². The highest BCUT2D eigenvalue weighted by Gasteiger charge is 2.33. The smallest absolute Gasteiger partial charge is 0.295 e. The maximum atomic E-state index is 12.8. The molecule has 7 nitrogen and oxygen atoms in total. The molecule has 0 spiro atoms. The van der Waals surface area contributed by atoms with Gasteiger partial charge in [-0.2, -0.15) is 14.6 Å². The first-order chi connectivity index (χ1) is 11.5. The average Bonchev–Trinajstić information content (AvgIpc) is 3.02. The zero-order valence-electron chi connectivity index (χ0n) is 12.9. The van der Waals surface area contributed by atoms with Crippen LogP contribution in [0.1, 0.15) is 18.2 Å². The number of anilines is 1. The highest BCUT2D eigenvalue weighted by Crippen LogP contribution is 2.34. The Morgan fingerprint density at radius 3 is 2.67 bits per heavy atom. The summed E-state index contributed by atoms with van der Waals surface area (Å²) in [7, 11) is 0. The van der Waals surface area contributed by atoms with E-state index in [1.165, 1.54) is 6.92 Å². The molecule has 1 aliphatic rings. The number of fused-ring (bicyclic) bond motifs is 2. The summed E-state index contributed by atoms with van der Waals surface area (Å²) in [5.74, 6) is -0.220. The SMILES string of the molecule is CCN1C(=O)C(=c2sc3nc(=O)c(C)nn3c2=O)c2ccccc21. The van der Waals surface area contributed by atoms with Gasteiger partial charge in [0.1, 0.15) is 10.2 Å². The molecule has 0 unspecified atom stereocenters. The minimum absolute atomic E-state index is 0.146. The van der Waals surface area contributed by atoms with Crippen molar-refractivity contribution in [3.8, 4) is 0 Å². The third kappa shape index (κ3) is 1.86. The minimum Gasteiger partial charge on any atom is -0.308 e. The molecular formula is C16H12N4O3S. The van der Waals surface area contributed by atoms with E-state index in [2.05, 4.69) is 10.1 Å². The summed E-state index contributed by atoms with van der Waals surface area (Å²) in [5.41, 5.74) is 1.09. The quantitative estimate of drug-likeness (QED) is 0.627. The lowest BCUT2D eigenvalue weighted by Gasteiger charge is -2.13. The molecule has 0 fully saturated rings. The first kappa shape index (κ1) is 14.7. The summed E-state index contributed by atoms with van der Waals surface area (Å²) in [6.07, 6.45) is 0. The van der Waals surface area contributed by atoms with Gasteiger partial charge in [-0.25, -0.2) is 0 Å². The molecule has 24 heavy (non-hydrogen) atoms. The molecule has 0 radical (unpaired) electrons. The zero-order chi connectivity index (χ0) is 17.0. The minimum atomic E-state index is -0.471. The Morgan fingerprint density at radius 2 is 1.92 bits per heavy atom. The fraction of sp³-hybridized carbons (Fsp3) is 0.188. The second-order valence-corrected chi connectivity index (χ2v) is 6.35. The number of nitrogens with zero attached hydrogens (tertiary/aromatic N) is 4. The number of thiazole rings is 1. The number of para-hydroxylation sites is 1. The van der Waals surface area contributed by atoms with Crippen LogP contribution in [0.15, 0.2) is 33.9 Å². The van der Waals surface area contributed by atoms with E-state index in [0.717, 1.165) is 21.5 Å². The number of rotatable bonds is 1. The first-order valence-corrected chi connectivity index (χ1v) is 8.20. The summed E-state index contributed by atoms with van der Waals surface area (Å²) < 4.78 is 1.35. The van der Waals surface area contributed by atoms with Gasteiger partial charge in [-0.3, -0.25) is 14.4 Å². The molecule has 1 aromatic carbocycles. The number of hydrogen-bond donors (Lipinski definition) is 0.